The largest absolute Gasteiger partial charge is 0.444 e. The van der Waals surface area contributed by atoms with Crippen LogP contribution in [0.25, 0.3) is 21.8 Å². The zero-order valence-electron chi connectivity index (χ0n) is 20.6. The summed E-state index contributed by atoms with van der Waals surface area (Å²) in [5.74, 6) is 0. The molecule has 0 aliphatic carbocycles. The van der Waals surface area contributed by atoms with Crippen molar-refractivity contribution >= 4 is 65.5 Å². The van der Waals surface area contributed by atoms with Crippen LogP contribution < -0.4 is 5.32 Å². The summed E-state index contributed by atoms with van der Waals surface area (Å²) in [6.07, 6.45) is 0.657. The van der Waals surface area contributed by atoms with Gasteiger partial charge in [0.15, 0.2) is 0 Å². The molecule has 0 atom stereocenters. The highest BCUT2D eigenvalue weighted by atomic mass is 79.9. The van der Waals surface area contributed by atoms with Gasteiger partial charge in [-0.2, -0.15) is 0 Å². The smallest absolute Gasteiger partial charge is 0.407 e. The molecule has 9 heteroatoms. The van der Waals surface area contributed by atoms with Gasteiger partial charge in [-0.25, -0.2) is 17.2 Å². The second kappa shape index (κ2) is 10.1. The quantitative estimate of drug-likeness (QED) is 0.240. The number of nitrogens with zero attached hydrogens (tertiary/aromatic N) is 1. The molecule has 1 heterocycles. The number of halogens is 2. The Morgan fingerprint density at radius 3 is 2.42 bits per heavy atom. The lowest BCUT2D eigenvalue weighted by Gasteiger charge is -2.19. The second-order valence-corrected chi connectivity index (χ2v) is 12.9. The first-order valence-electron chi connectivity index (χ1n) is 11.6. The third-order valence-electron chi connectivity index (χ3n) is 5.67. The molecule has 0 radical (unpaired) electrons. The number of hydrogen-bond acceptors (Lipinski definition) is 4. The molecule has 0 bridgehead atoms. The Hall–Kier alpha value is -2.55. The Kier molecular flexibility index (Phi) is 7.42. The molecule has 0 saturated carbocycles. The first-order valence-corrected chi connectivity index (χ1v) is 14.2. The Morgan fingerprint density at radius 1 is 1.06 bits per heavy atom. The number of carbonyl (C=O) groups is 1. The van der Waals surface area contributed by atoms with E-state index in [-0.39, 0.29) is 4.90 Å². The lowest BCUT2D eigenvalue weighted by atomic mass is 10.1. The molecule has 1 aromatic heterocycles. The number of amides is 1. The van der Waals surface area contributed by atoms with Gasteiger partial charge in [0.25, 0.3) is 10.0 Å². The number of aryl methyl sites for hydroxylation is 2. The number of aromatic nitrogens is 1. The maximum absolute atomic E-state index is 14.0. The molecule has 4 rings (SSSR count). The number of hydrogen-bond donors (Lipinski definition) is 1. The molecule has 1 N–H and O–H groups in total. The molecule has 0 fully saturated rings. The van der Waals surface area contributed by atoms with Crippen LogP contribution in [0, 0.1) is 6.92 Å². The van der Waals surface area contributed by atoms with Gasteiger partial charge in [0.05, 0.1) is 15.9 Å². The molecule has 36 heavy (non-hydrogen) atoms. The number of alkyl carbamates (subject to hydrolysis) is 1. The van der Waals surface area contributed by atoms with Crippen molar-refractivity contribution in [3.05, 3.63) is 75.2 Å². The highest BCUT2D eigenvalue weighted by Gasteiger charge is 2.25. The van der Waals surface area contributed by atoms with E-state index in [9.17, 15) is 13.2 Å². The molecule has 4 aromatic rings. The number of nitrogens with one attached hydrogen (secondary N) is 1. The average molecular weight is 592 g/mol. The van der Waals surface area contributed by atoms with E-state index in [0.717, 1.165) is 26.4 Å². The van der Waals surface area contributed by atoms with E-state index in [1.54, 1.807) is 42.5 Å². The van der Waals surface area contributed by atoms with E-state index in [2.05, 4.69) is 21.2 Å². The summed E-state index contributed by atoms with van der Waals surface area (Å²) in [5.41, 5.74) is 2.40. The first kappa shape index (κ1) is 26.5. The SMILES string of the molecule is Cc1ccc(S(=O)(=O)n2c3ccc(Cl)cc3c3cc(Br)cc(CCCNC(=O)OC(C)(C)C)c32)cc1. The van der Waals surface area contributed by atoms with Gasteiger partial charge in [0.1, 0.15) is 5.60 Å². The second-order valence-electron chi connectivity index (χ2n) is 9.74. The van der Waals surface area contributed by atoms with Crippen molar-refractivity contribution in [2.45, 2.75) is 51.0 Å². The number of ether oxygens (including phenoxy) is 1. The highest BCUT2D eigenvalue weighted by Crippen LogP contribution is 2.38. The summed E-state index contributed by atoms with van der Waals surface area (Å²) in [7, 11) is -3.91. The molecule has 0 spiro atoms. The van der Waals surface area contributed by atoms with Crippen LogP contribution in [0.15, 0.2) is 64.0 Å². The summed E-state index contributed by atoms with van der Waals surface area (Å²) in [4.78, 5) is 12.2. The Morgan fingerprint density at radius 2 is 1.75 bits per heavy atom. The summed E-state index contributed by atoms with van der Waals surface area (Å²) < 4.78 is 35.5. The van der Waals surface area contributed by atoms with E-state index in [1.165, 1.54) is 3.97 Å². The van der Waals surface area contributed by atoms with E-state index >= 15 is 0 Å². The molecule has 0 aliphatic rings. The van der Waals surface area contributed by atoms with Crippen molar-refractivity contribution in [2.75, 3.05) is 6.54 Å². The summed E-state index contributed by atoms with van der Waals surface area (Å²) in [5, 5.41) is 4.83. The van der Waals surface area contributed by atoms with E-state index in [4.69, 9.17) is 16.3 Å². The lowest BCUT2D eigenvalue weighted by molar-refractivity contribution is 0.0527. The molecule has 6 nitrogen and oxygen atoms in total. The van der Waals surface area contributed by atoms with E-state index in [1.807, 2.05) is 39.8 Å². The maximum atomic E-state index is 14.0. The molecule has 0 aliphatic heterocycles. The Balaban J connectivity index is 1.80. The van der Waals surface area contributed by atoms with Crippen LogP contribution in [0.4, 0.5) is 4.79 Å². The van der Waals surface area contributed by atoms with Crippen LogP contribution in [-0.4, -0.2) is 30.6 Å². The zero-order chi connectivity index (χ0) is 26.3. The van der Waals surface area contributed by atoms with Gasteiger partial charge in [0.2, 0.25) is 0 Å². The number of benzene rings is 3. The lowest BCUT2D eigenvalue weighted by Crippen LogP contribution is -2.33. The molecule has 190 valence electrons. The zero-order valence-corrected chi connectivity index (χ0v) is 23.7. The first-order chi connectivity index (χ1) is 16.9. The minimum atomic E-state index is -3.91. The van der Waals surface area contributed by atoms with Crippen molar-refractivity contribution in [1.29, 1.82) is 0 Å². The minimum absolute atomic E-state index is 0.210. The molecule has 0 unspecified atom stereocenters. The van der Waals surface area contributed by atoms with E-state index < -0.39 is 21.7 Å². The Bertz CT molecular complexity index is 1560. The standard InChI is InChI=1S/C27H28BrClN2O4S/c1-17-7-10-21(11-8-17)36(33,34)31-24-12-9-20(29)16-22(24)23-15-19(28)14-18(25(23)31)6-5-13-30-26(32)35-27(2,3)4/h7-12,14-16H,5-6,13H2,1-4H3,(H,30,32). The van der Waals surface area contributed by atoms with Crippen LogP contribution in [0.2, 0.25) is 5.02 Å². The van der Waals surface area contributed by atoms with E-state index in [0.29, 0.717) is 35.4 Å². The van der Waals surface area contributed by atoms with Crippen LogP contribution in [-0.2, 0) is 21.2 Å². The summed E-state index contributed by atoms with van der Waals surface area (Å²) >= 11 is 9.90. The summed E-state index contributed by atoms with van der Waals surface area (Å²) in [6.45, 7) is 7.73. The molecular weight excluding hydrogens is 564 g/mol. The van der Waals surface area contributed by atoms with Gasteiger partial charge in [-0.15, -0.1) is 0 Å². The fourth-order valence-corrected chi connectivity index (χ4v) is 6.40. The highest BCUT2D eigenvalue weighted by molar-refractivity contribution is 9.10. The van der Waals surface area contributed by atoms with Crippen LogP contribution >= 0.6 is 27.5 Å². The molecule has 0 saturated heterocycles. The van der Waals surface area contributed by atoms with Crippen molar-refractivity contribution < 1.29 is 17.9 Å². The van der Waals surface area contributed by atoms with Crippen molar-refractivity contribution in [3.63, 3.8) is 0 Å². The fraction of sp³-hybridized carbons (Fsp3) is 0.296. The monoisotopic (exact) mass is 590 g/mol. The molecule has 3 aromatic carbocycles. The topological polar surface area (TPSA) is 77.4 Å². The minimum Gasteiger partial charge on any atom is -0.444 e. The predicted octanol–water partition coefficient (Wildman–Crippen LogP) is 7.21. The molecule has 1 amide bonds. The number of fused-ring (bicyclic) bond motifs is 3. The number of rotatable bonds is 6. The van der Waals surface area contributed by atoms with Gasteiger partial charge < -0.3 is 10.1 Å². The third kappa shape index (κ3) is 5.56. The fourth-order valence-electron chi connectivity index (χ4n) is 4.16. The van der Waals surface area contributed by atoms with Crippen LogP contribution in [0.3, 0.4) is 0 Å². The van der Waals surface area contributed by atoms with Gasteiger partial charge >= 0.3 is 6.09 Å². The number of carbonyl (C=O) groups excluding carboxylic acids is 1. The van der Waals surface area contributed by atoms with Gasteiger partial charge in [-0.3, -0.25) is 0 Å². The predicted molar refractivity (Wildman–Crippen MR) is 148 cm³/mol. The summed E-state index contributed by atoms with van der Waals surface area (Å²) in [6, 6.07) is 15.9. The van der Waals surface area contributed by atoms with Gasteiger partial charge in [-0.1, -0.05) is 45.2 Å². The average Bonchev–Trinajstić information content (AvgIpc) is 3.10. The third-order valence-corrected chi connectivity index (χ3v) is 8.10. The van der Waals surface area contributed by atoms with Gasteiger partial charge in [0, 0.05) is 26.8 Å². The van der Waals surface area contributed by atoms with Gasteiger partial charge in [-0.05, 0) is 88.6 Å². The van der Waals surface area contributed by atoms with Crippen LogP contribution in [0.5, 0.6) is 0 Å². The van der Waals surface area contributed by atoms with Crippen molar-refractivity contribution in [1.82, 2.24) is 9.29 Å². The molecular formula is C27H28BrClN2O4S. The van der Waals surface area contributed by atoms with Crippen LogP contribution in [0.1, 0.15) is 38.3 Å². The van der Waals surface area contributed by atoms with Crippen molar-refractivity contribution in [3.8, 4) is 0 Å². The van der Waals surface area contributed by atoms with Crippen molar-refractivity contribution in [2.24, 2.45) is 0 Å². The Labute approximate surface area is 224 Å². The normalized spacial score (nSPS) is 12.3. The maximum Gasteiger partial charge on any atom is 0.407 e.